The van der Waals surface area contributed by atoms with E-state index in [4.69, 9.17) is 4.74 Å². The van der Waals surface area contributed by atoms with Crippen molar-refractivity contribution < 1.29 is 4.74 Å². The minimum atomic E-state index is 0.641. The molecule has 2 heterocycles. The highest BCUT2D eigenvalue weighted by Gasteiger charge is 2.16. The quantitative estimate of drug-likeness (QED) is 0.858. The van der Waals surface area contributed by atoms with Gasteiger partial charge in [0.15, 0.2) is 0 Å². The minimum Gasteiger partial charge on any atom is -0.497 e. The van der Waals surface area contributed by atoms with E-state index in [1.54, 1.807) is 7.11 Å². The van der Waals surface area contributed by atoms with Crippen LogP contribution < -0.4 is 10.1 Å². The maximum absolute atomic E-state index is 5.26. The number of hydrogen-bond acceptors (Lipinski definition) is 2. The first-order valence-corrected chi connectivity index (χ1v) is 6.24. The first kappa shape index (κ1) is 10.7. The van der Waals surface area contributed by atoms with Gasteiger partial charge in [0, 0.05) is 23.1 Å². The molecule has 0 aliphatic carbocycles. The zero-order valence-electron chi connectivity index (χ0n) is 10.1. The molecule has 1 saturated heterocycles. The summed E-state index contributed by atoms with van der Waals surface area (Å²) >= 11 is 0. The first-order chi connectivity index (χ1) is 8.38. The molecule has 1 N–H and O–H groups in total. The summed E-state index contributed by atoms with van der Waals surface area (Å²) in [6, 6.07) is 9.13. The van der Waals surface area contributed by atoms with Crippen molar-refractivity contribution in [2.24, 2.45) is 0 Å². The molecule has 1 aliphatic heterocycles. The second kappa shape index (κ2) is 4.41. The molecular formula is C14H18N2O. The van der Waals surface area contributed by atoms with E-state index in [0.29, 0.717) is 6.04 Å². The van der Waals surface area contributed by atoms with E-state index in [-0.39, 0.29) is 0 Å². The summed E-state index contributed by atoms with van der Waals surface area (Å²) in [5.74, 6) is 0.931. The first-order valence-electron chi connectivity index (χ1n) is 6.24. The lowest BCUT2D eigenvalue weighted by molar-refractivity contribution is 0.376. The van der Waals surface area contributed by atoms with E-state index in [0.717, 1.165) is 18.8 Å². The van der Waals surface area contributed by atoms with E-state index in [9.17, 15) is 0 Å². The van der Waals surface area contributed by atoms with Crippen molar-refractivity contribution >= 4 is 10.9 Å². The van der Waals surface area contributed by atoms with Crippen LogP contribution >= 0.6 is 0 Å². The van der Waals surface area contributed by atoms with Crippen LogP contribution in [0.5, 0.6) is 5.75 Å². The molecule has 1 aromatic heterocycles. The molecule has 0 radical (unpaired) electrons. The molecule has 3 nitrogen and oxygen atoms in total. The average molecular weight is 230 g/mol. The van der Waals surface area contributed by atoms with Crippen LogP contribution in [-0.2, 0) is 0 Å². The number of piperidine rings is 1. The molecule has 1 fully saturated rings. The highest BCUT2D eigenvalue weighted by Crippen LogP contribution is 2.27. The third kappa shape index (κ3) is 1.91. The van der Waals surface area contributed by atoms with Gasteiger partial charge in [-0.05, 0) is 50.2 Å². The van der Waals surface area contributed by atoms with E-state index >= 15 is 0 Å². The maximum atomic E-state index is 5.26. The lowest BCUT2D eigenvalue weighted by atomic mass is 10.1. The van der Waals surface area contributed by atoms with E-state index in [1.807, 2.05) is 6.07 Å². The standard InChI is InChI=1S/C14H18N2O/c1-17-13-2-3-14-11(10-13)6-9-16(14)12-4-7-15-8-5-12/h2-3,6,9-10,12,15H,4-5,7-8H2,1H3. The topological polar surface area (TPSA) is 26.2 Å². The average Bonchev–Trinajstić information content (AvgIpc) is 2.82. The Morgan fingerprint density at radius 1 is 1.24 bits per heavy atom. The number of nitrogens with zero attached hydrogens (tertiary/aromatic N) is 1. The zero-order valence-corrected chi connectivity index (χ0v) is 10.1. The summed E-state index contributed by atoms with van der Waals surface area (Å²) in [7, 11) is 1.71. The van der Waals surface area contributed by atoms with Gasteiger partial charge in [-0.1, -0.05) is 0 Å². The summed E-state index contributed by atoms with van der Waals surface area (Å²) < 4.78 is 7.67. The zero-order chi connectivity index (χ0) is 11.7. The third-order valence-corrected chi connectivity index (χ3v) is 3.63. The number of ether oxygens (including phenoxy) is 1. The molecule has 0 spiro atoms. The summed E-state index contributed by atoms with van der Waals surface area (Å²) in [6.07, 6.45) is 4.64. The molecule has 3 heteroatoms. The lowest BCUT2D eigenvalue weighted by Crippen LogP contribution is -2.29. The van der Waals surface area contributed by atoms with E-state index in [1.165, 1.54) is 23.7 Å². The molecule has 0 saturated carbocycles. The van der Waals surface area contributed by atoms with Crippen molar-refractivity contribution in [2.45, 2.75) is 18.9 Å². The highest BCUT2D eigenvalue weighted by atomic mass is 16.5. The Balaban J connectivity index is 1.99. The maximum Gasteiger partial charge on any atom is 0.119 e. The van der Waals surface area contributed by atoms with Crippen LogP contribution in [0.25, 0.3) is 10.9 Å². The highest BCUT2D eigenvalue weighted by molar-refractivity contribution is 5.81. The van der Waals surface area contributed by atoms with Gasteiger partial charge in [-0.25, -0.2) is 0 Å². The van der Waals surface area contributed by atoms with Gasteiger partial charge in [-0.3, -0.25) is 0 Å². The van der Waals surface area contributed by atoms with Gasteiger partial charge >= 0.3 is 0 Å². The van der Waals surface area contributed by atoms with Gasteiger partial charge in [0.1, 0.15) is 5.75 Å². The number of benzene rings is 1. The Labute approximate surface area is 101 Å². The van der Waals surface area contributed by atoms with Gasteiger partial charge in [0.25, 0.3) is 0 Å². The van der Waals surface area contributed by atoms with Crippen molar-refractivity contribution in [3.8, 4) is 5.75 Å². The summed E-state index contributed by atoms with van der Waals surface area (Å²) in [5.41, 5.74) is 1.32. The van der Waals surface area contributed by atoms with Gasteiger partial charge in [-0.2, -0.15) is 0 Å². The predicted octanol–water partition coefficient (Wildman–Crippen LogP) is 2.57. The predicted molar refractivity (Wildman–Crippen MR) is 69.6 cm³/mol. The van der Waals surface area contributed by atoms with Crippen LogP contribution in [0.1, 0.15) is 18.9 Å². The molecule has 17 heavy (non-hydrogen) atoms. The van der Waals surface area contributed by atoms with Crippen LogP contribution in [0.4, 0.5) is 0 Å². The van der Waals surface area contributed by atoms with Crippen molar-refractivity contribution in [3.63, 3.8) is 0 Å². The molecular weight excluding hydrogens is 212 g/mol. The smallest absolute Gasteiger partial charge is 0.119 e. The Hall–Kier alpha value is -1.48. The van der Waals surface area contributed by atoms with E-state index < -0.39 is 0 Å². The van der Waals surface area contributed by atoms with Crippen molar-refractivity contribution in [1.29, 1.82) is 0 Å². The summed E-state index contributed by atoms with van der Waals surface area (Å²) in [4.78, 5) is 0. The van der Waals surface area contributed by atoms with Crippen LogP contribution in [-0.4, -0.2) is 24.8 Å². The van der Waals surface area contributed by atoms with Crippen molar-refractivity contribution in [1.82, 2.24) is 9.88 Å². The molecule has 2 aromatic rings. The second-order valence-corrected chi connectivity index (χ2v) is 4.63. The molecule has 0 bridgehead atoms. The molecule has 3 rings (SSSR count). The van der Waals surface area contributed by atoms with Gasteiger partial charge < -0.3 is 14.6 Å². The fourth-order valence-corrected chi connectivity index (χ4v) is 2.67. The van der Waals surface area contributed by atoms with Gasteiger partial charge in [0.05, 0.1) is 7.11 Å². The Bertz CT molecular complexity index is 512. The Kier molecular flexibility index (Phi) is 2.77. The Morgan fingerprint density at radius 2 is 2.06 bits per heavy atom. The number of fused-ring (bicyclic) bond motifs is 1. The van der Waals surface area contributed by atoms with Crippen LogP contribution in [0.2, 0.25) is 0 Å². The SMILES string of the molecule is COc1ccc2c(ccn2C2CCNCC2)c1. The number of nitrogens with one attached hydrogen (secondary N) is 1. The third-order valence-electron chi connectivity index (χ3n) is 3.63. The normalized spacial score (nSPS) is 17.5. The number of aromatic nitrogens is 1. The summed E-state index contributed by atoms with van der Waals surface area (Å²) in [6.45, 7) is 2.25. The molecule has 0 atom stereocenters. The number of methoxy groups -OCH3 is 1. The van der Waals surface area contributed by atoms with Crippen molar-refractivity contribution in [2.75, 3.05) is 20.2 Å². The van der Waals surface area contributed by atoms with Crippen LogP contribution in [0.15, 0.2) is 30.5 Å². The largest absolute Gasteiger partial charge is 0.497 e. The molecule has 1 aliphatic rings. The van der Waals surface area contributed by atoms with Gasteiger partial charge in [-0.15, -0.1) is 0 Å². The fraction of sp³-hybridized carbons (Fsp3) is 0.429. The summed E-state index contributed by atoms with van der Waals surface area (Å²) in [5, 5.41) is 4.68. The molecule has 0 unspecified atom stereocenters. The molecule has 90 valence electrons. The second-order valence-electron chi connectivity index (χ2n) is 4.63. The minimum absolute atomic E-state index is 0.641. The fourth-order valence-electron chi connectivity index (χ4n) is 2.67. The molecule has 1 aromatic carbocycles. The number of hydrogen-bond donors (Lipinski definition) is 1. The number of rotatable bonds is 2. The van der Waals surface area contributed by atoms with Crippen LogP contribution in [0.3, 0.4) is 0 Å². The Morgan fingerprint density at radius 3 is 2.82 bits per heavy atom. The molecule has 0 amide bonds. The lowest BCUT2D eigenvalue weighted by Gasteiger charge is -2.25. The van der Waals surface area contributed by atoms with Crippen LogP contribution in [0, 0.1) is 0 Å². The van der Waals surface area contributed by atoms with Crippen molar-refractivity contribution in [3.05, 3.63) is 30.5 Å². The monoisotopic (exact) mass is 230 g/mol. The van der Waals surface area contributed by atoms with E-state index in [2.05, 4.69) is 34.3 Å². The van der Waals surface area contributed by atoms with Gasteiger partial charge in [0.2, 0.25) is 0 Å².